The summed E-state index contributed by atoms with van der Waals surface area (Å²) in [5, 5.41) is 1.93. The van der Waals surface area contributed by atoms with Crippen LogP contribution < -0.4 is 0 Å². The summed E-state index contributed by atoms with van der Waals surface area (Å²) in [6.07, 6.45) is 7.46. The quantitative estimate of drug-likeness (QED) is 0.578. The number of likely N-dealkylation sites (tertiary alicyclic amines) is 1. The van der Waals surface area contributed by atoms with E-state index in [-0.39, 0.29) is 5.78 Å². The molecule has 3 heteroatoms. The Morgan fingerprint density at radius 3 is 2.80 bits per heavy atom. The highest BCUT2D eigenvalue weighted by molar-refractivity contribution is 7.12. The van der Waals surface area contributed by atoms with Gasteiger partial charge in [0.25, 0.3) is 0 Å². The standard InChI is InChI=1S/C12H15NOS/c14-11(12-5-4-10-15-12)6-9-13-7-2-1-3-8-13/h4-6,9-10H,1-3,7-8H2. The van der Waals surface area contributed by atoms with Crippen molar-refractivity contribution in [2.45, 2.75) is 19.3 Å². The molecule has 1 aromatic rings. The molecule has 1 fully saturated rings. The van der Waals surface area contributed by atoms with Crippen LogP contribution in [-0.4, -0.2) is 23.8 Å². The Morgan fingerprint density at radius 2 is 2.13 bits per heavy atom. The maximum Gasteiger partial charge on any atom is 0.197 e. The molecule has 80 valence electrons. The molecule has 0 amide bonds. The van der Waals surface area contributed by atoms with Crippen LogP contribution in [0.1, 0.15) is 28.9 Å². The van der Waals surface area contributed by atoms with E-state index < -0.39 is 0 Å². The van der Waals surface area contributed by atoms with Crippen LogP contribution in [0.15, 0.2) is 29.8 Å². The molecule has 1 saturated heterocycles. The monoisotopic (exact) mass is 221 g/mol. The van der Waals surface area contributed by atoms with Gasteiger partial charge in [-0.25, -0.2) is 0 Å². The van der Waals surface area contributed by atoms with Crippen molar-refractivity contribution in [1.29, 1.82) is 0 Å². The van der Waals surface area contributed by atoms with Crippen molar-refractivity contribution in [3.8, 4) is 0 Å². The molecule has 0 radical (unpaired) electrons. The molecular weight excluding hydrogens is 206 g/mol. The highest BCUT2D eigenvalue weighted by Gasteiger charge is 2.07. The molecule has 0 aliphatic carbocycles. The van der Waals surface area contributed by atoms with Crippen LogP contribution in [-0.2, 0) is 0 Å². The predicted molar refractivity (Wildman–Crippen MR) is 63.2 cm³/mol. The lowest BCUT2D eigenvalue weighted by molar-refractivity contribution is 0.104. The summed E-state index contributed by atoms with van der Waals surface area (Å²) in [6.45, 7) is 2.18. The molecule has 2 nitrogen and oxygen atoms in total. The van der Waals surface area contributed by atoms with Gasteiger partial charge in [-0.2, -0.15) is 0 Å². The first kappa shape index (κ1) is 10.4. The van der Waals surface area contributed by atoms with E-state index in [0.29, 0.717) is 0 Å². The maximum absolute atomic E-state index is 11.6. The molecule has 0 unspecified atom stereocenters. The average molecular weight is 221 g/mol. The zero-order chi connectivity index (χ0) is 10.5. The minimum atomic E-state index is 0.121. The molecule has 0 saturated carbocycles. The van der Waals surface area contributed by atoms with Crippen LogP contribution in [0.5, 0.6) is 0 Å². The molecule has 0 spiro atoms. The topological polar surface area (TPSA) is 20.3 Å². The zero-order valence-electron chi connectivity index (χ0n) is 8.69. The van der Waals surface area contributed by atoms with Crippen molar-refractivity contribution in [2.24, 2.45) is 0 Å². The fourth-order valence-corrected chi connectivity index (χ4v) is 2.39. The van der Waals surface area contributed by atoms with Gasteiger partial charge < -0.3 is 4.90 Å². The summed E-state index contributed by atoms with van der Waals surface area (Å²) >= 11 is 1.50. The molecule has 1 aliphatic rings. The minimum Gasteiger partial charge on any atom is -0.377 e. The fourth-order valence-electron chi connectivity index (χ4n) is 1.74. The smallest absolute Gasteiger partial charge is 0.197 e. The van der Waals surface area contributed by atoms with Gasteiger partial charge in [-0.05, 0) is 30.7 Å². The number of carbonyl (C=O) groups is 1. The number of rotatable bonds is 3. The molecule has 2 heterocycles. The molecule has 0 aromatic carbocycles. The van der Waals surface area contributed by atoms with Gasteiger partial charge in [-0.3, -0.25) is 4.79 Å². The van der Waals surface area contributed by atoms with Crippen LogP contribution in [0.2, 0.25) is 0 Å². The van der Waals surface area contributed by atoms with Gasteiger partial charge in [0, 0.05) is 25.4 Å². The number of carbonyl (C=O) groups excluding carboxylic acids is 1. The number of piperidine rings is 1. The van der Waals surface area contributed by atoms with Gasteiger partial charge in [-0.1, -0.05) is 6.07 Å². The molecule has 0 bridgehead atoms. The van der Waals surface area contributed by atoms with E-state index in [2.05, 4.69) is 4.90 Å². The van der Waals surface area contributed by atoms with Gasteiger partial charge in [0.2, 0.25) is 0 Å². The molecule has 1 aliphatic heterocycles. The molecular formula is C12H15NOS. The van der Waals surface area contributed by atoms with E-state index in [1.165, 1.54) is 30.6 Å². The van der Waals surface area contributed by atoms with Gasteiger partial charge in [0.15, 0.2) is 5.78 Å². The maximum atomic E-state index is 11.6. The average Bonchev–Trinajstić information content (AvgIpc) is 2.81. The molecule has 0 atom stereocenters. The van der Waals surface area contributed by atoms with Crippen LogP contribution in [0.4, 0.5) is 0 Å². The second-order valence-corrected chi connectivity index (χ2v) is 4.70. The van der Waals surface area contributed by atoms with Gasteiger partial charge in [0.05, 0.1) is 4.88 Å². The Bertz CT molecular complexity index is 337. The van der Waals surface area contributed by atoms with Crippen LogP contribution in [0.3, 0.4) is 0 Å². The van der Waals surface area contributed by atoms with Gasteiger partial charge >= 0.3 is 0 Å². The Hall–Kier alpha value is -1.09. The van der Waals surface area contributed by atoms with Crippen molar-refractivity contribution in [3.05, 3.63) is 34.7 Å². The number of hydrogen-bond acceptors (Lipinski definition) is 3. The van der Waals surface area contributed by atoms with Crippen LogP contribution >= 0.6 is 11.3 Å². The first-order chi connectivity index (χ1) is 7.36. The van der Waals surface area contributed by atoms with E-state index in [1.807, 2.05) is 23.7 Å². The molecule has 15 heavy (non-hydrogen) atoms. The SMILES string of the molecule is O=C(C=CN1CCCCC1)c1cccs1. The lowest BCUT2D eigenvalue weighted by Gasteiger charge is -2.24. The number of ketones is 1. The van der Waals surface area contributed by atoms with Crippen molar-refractivity contribution in [1.82, 2.24) is 4.90 Å². The third-order valence-electron chi connectivity index (χ3n) is 2.59. The lowest BCUT2D eigenvalue weighted by Crippen LogP contribution is -2.24. The summed E-state index contributed by atoms with van der Waals surface area (Å²) in [7, 11) is 0. The van der Waals surface area contributed by atoms with Crippen molar-refractivity contribution in [3.63, 3.8) is 0 Å². The van der Waals surface area contributed by atoms with Crippen molar-refractivity contribution < 1.29 is 4.79 Å². The molecule has 2 rings (SSSR count). The van der Waals surface area contributed by atoms with Gasteiger partial charge in [-0.15, -0.1) is 11.3 Å². The van der Waals surface area contributed by atoms with E-state index in [9.17, 15) is 4.79 Å². The number of allylic oxidation sites excluding steroid dienone is 1. The zero-order valence-corrected chi connectivity index (χ0v) is 9.50. The highest BCUT2D eigenvalue weighted by atomic mass is 32.1. The first-order valence-electron chi connectivity index (χ1n) is 5.36. The summed E-state index contributed by atoms with van der Waals surface area (Å²) in [4.78, 5) is 14.7. The Labute approximate surface area is 94.2 Å². The number of hydrogen-bond donors (Lipinski definition) is 0. The van der Waals surface area contributed by atoms with E-state index in [0.717, 1.165) is 18.0 Å². The third-order valence-corrected chi connectivity index (χ3v) is 3.48. The first-order valence-corrected chi connectivity index (χ1v) is 6.24. The summed E-state index contributed by atoms with van der Waals surface area (Å²) in [6, 6.07) is 3.78. The second kappa shape index (κ2) is 5.12. The van der Waals surface area contributed by atoms with E-state index >= 15 is 0 Å². The number of thiophene rings is 1. The highest BCUT2D eigenvalue weighted by Crippen LogP contribution is 2.12. The summed E-state index contributed by atoms with van der Waals surface area (Å²) < 4.78 is 0. The Balaban J connectivity index is 1.90. The van der Waals surface area contributed by atoms with E-state index in [4.69, 9.17) is 0 Å². The minimum absolute atomic E-state index is 0.121. The van der Waals surface area contributed by atoms with Crippen molar-refractivity contribution in [2.75, 3.05) is 13.1 Å². The molecule has 1 aromatic heterocycles. The molecule has 0 N–H and O–H groups in total. The summed E-state index contributed by atoms with van der Waals surface area (Å²) in [5.74, 6) is 0.121. The summed E-state index contributed by atoms with van der Waals surface area (Å²) in [5.41, 5.74) is 0. The normalized spacial score (nSPS) is 17.2. The fraction of sp³-hybridized carbons (Fsp3) is 0.417. The van der Waals surface area contributed by atoms with Crippen LogP contribution in [0, 0.1) is 0 Å². The Kier molecular flexibility index (Phi) is 3.56. The second-order valence-electron chi connectivity index (χ2n) is 3.75. The third kappa shape index (κ3) is 2.93. The predicted octanol–water partition coefficient (Wildman–Crippen LogP) is 2.93. The van der Waals surface area contributed by atoms with Crippen LogP contribution in [0.25, 0.3) is 0 Å². The van der Waals surface area contributed by atoms with Crippen molar-refractivity contribution >= 4 is 17.1 Å². The largest absolute Gasteiger partial charge is 0.377 e. The number of nitrogens with zero attached hydrogens (tertiary/aromatic N) is 1. The van der Waals surface area contributed by atoms with Gasteiger partial charge in [0.1, 0.15) is 0 Å². The lowest BCUT2D eigenvalue weighted by atomic mass is 10.1. The van der Waals surface area contributed by atoms with E-state index in [1.54, 1.807) is 6.08 Å². The Morgan fingerprint density at radius 1 is 1.33 bits per heavy atom.